The van der Waals surface area contributed by atoms with Gasteiger partial charge in [0.15, 0.2) is 0 Å². The summed E-state index contributed by atoms with van der Waals surface area (Å²) in [5.41, 5.74) is 1.58. The maximum absolute atomic E-state index is 11.4. The number of hydrogen-bond donors (Lipinski definition) is 1. The van der Waals surface area contributed by atoms with Crippen molar-refractivity contribution in [3.05, 3.63) is 29.5 Å². The number of aromatic nitrogens is 2. The Balaban J connectivity index is 3.03. The van der Waals surface area contributed by atoms with Crippen molar-refractivity contribution < 1.29 is 14.6 Å². The summed E-state index contributed by atoms with van der Waals surface area (Å²) in [6.07, 6.45) is 4.66. The van der Waals surface area contributed by atoms with Gasteiger partial charge in [-0.05, 0) is 31.2 Å². The predicted molar refractivity (Wildman–Crippen MR) is 72.7 cm³/mol. The van der Waals surface area contributed by atoms with Gasteiger partial charge in [0.05, 0.1) is 12.3 Å². The van der Waals surface area contributed by atoms with Crippen molar-refractivity contribution in [2.45, 2.75) is 39.5 Å². The zero-order chi connectivity index (χ0) is 14.3. The Bertz CT molecular complexity index is 458. The minimum Gasteiger partial charge on any atom is -0.477 e. The molecule has 0 bridgehead atoms. The number of aromatic carboxylic acids is 1. The molecule has 0 fully saturated rings. The van der Waals surface area contributed by atoms with Gasteiger partial charge in [0, 0.05) is 0 Å². The van der Waals surface area contributed by atoms with Crippen molar-refractivity contribution >= 4 is 5.97 Å². The third kappa shape index (κ3) is 3.77. The van der Waals surface area contributed by atoms with Gasteiger partial charge in [0.25, 0.3) is 0 Å². The molecule has 0 aliphatic rings. The summed E-state index contributed by atoms with van der Waals surface area (Å²) in [5.74, 6) is -0.897. The first-order valence-electron chi connectivity index (χ1n) is 6.51. The topological polar surface area (TPSA) is 72.3 Å². The summed E-state index contributed by atoms with van der Waals surface area (Å²) in [6.45, 7) is 7.87. The quantitative estimate of drug-likeness (QED) is 0.577. The highest BCUT2D eigenvalue weighted by Gasteiger charge is 2.21. The molecule has 0 aromatic carbocycles. The van der Waals surface area contributed by atoms with Gasteiger partial charge in [-0.3, -0.25) is 0 Å². The van der Waals surface area contributed by atoms with E-state index in [0.29, 0.717) is 25.0 Å². The van der Waals surface area contributed by atoms with Gasteiger partial charge >= 0.3 is 5.97 Å². The maximum Gasteiger partial charge on any atom is 0.341 e. The second kappa shape index (κ2) is 7.51. The normalized spacial score (nSPS) is 10.2. The number of nitrogens with zero attached hydrogens (tertiary/aromatic N) is 2. The molecule has 0 saturated heterocycles. The van der Waals surface area contributed by atoms with Crippen LogP contribution in [0.25, 0.3) is 0 Å². The number of carboxylic acid groups (broad SMARTS) is 1. The van der Waals surface area contributed by atoms with Crippen LogP contribution >= 0.6 is 0 Å². The fraction of sp³-hybridized carbons (Fsp3) is 0.500. The van der Waals surface area contributed by atoms with E-state index < -0.39 is 5.97 Å². The number of allylic oxidation sites excluding steroid dienone is 1. The van der Waals surface area contributed by atoms with E-state index in [4.69, 9.17) is 4.74 Å². The molecule has 0 unspecified atom stereocenters. The Labute approximate surface area is 113 Å². The van der Waals surface area contributed by atoms with Crippen LogP contribution in [0.3, 0.4) is 0 Å². The van der Waals surface area contributed by atoms with Gasteiger partial charge in [-0.2, -0.15) is 5.10 Å². The van der Waals surface area contributed by atoms with Gasteiger partial charge in [-0.15, -0.1) is 11.7 Å². The van der Waals surface area contributed by atoms with Crippen LogP contribution in [0.1, 0.15) is 48.3 Å². The molecule has 1 N–H and O–H groups in total. The Morgan fingerprint density at radius 1 is 1.37 bits per heavy atom. The molecule has 0 amide bonds. The molecule has 5 nitrogen and oxygen atoms in total. The van der Waals surface area contributed by atoms with Crippen LogP contribution in [0.15, 0.2) is 12.7 Å². The second-order valence-corrected chi connectivity index (χ2v) is 4.10. The standard InChI is InChI=1S/C14H20N2O3/c1-4-7-8-9-19-13-12(14(17)18)10(5-2)11(6-3)15-16-13/h4H,1,5-9H2,2-3H3,(H,17,18). The van der Waals surface area contributed by atoms with E-state index in [1.54, 1.807) is 6.08 Å². The Hall–Kier alpha value is -1.91. The molecule has 1 rings (SSSR count). The van der Waals surface area contributed by atoms with Gasteiger partial charge in [-0.1, -0.05) is 19.9 Å². The summed E-state index contributed by atoms with van der Waals surface area (Å²) in [4.78, 5) is 11.4. The molecular formula is C14H20N2O3. The van der Waals surface area contributed by atoms with Crippen molar-refractivity contribution in [1.82, 2.24) is 10.2 Å². The molecule has 1 aromatic heterocycles. The highest BCUT2D eigenvalue weighted by Crippen LogP contribution is 2.22. The first-order valence-corrected chi connectivity index (χ1v) is 6.51. The second-order valence-electron chi connectivity index (χ2n) is 4.10. The smallest absolute Gasteiger partial charge is 0.341 e. The fourth-order valence-electron chi connectivity index (χ4n) is 1.87. The average molecular weight is 264 g/mol. The largest absolute Gasteiger partial charge is 0.477 e. The zero-order valence-corrected chi connectivity index (χ0v) is 11.5. The SMILES string of the molecule is C=CCCCOc1nnc(CC)c(CC)c1C(=O)O. The van der Waals surface area contributed by atoms with Crippen molar-refractivity contribution in [2.75, 3.05) is 6.61 Å². The van der Waals surface area contributed by atoms with E-state index in [9.17, 15) is 9.90 Å². The van der Waals surface area contributed by atoms with Crippen LogP contribution < -0.4 is 4.74 Å². The van der Waals surface area contributed by atoms with E-state index in [1.165, 1.54) is 0 Å². The molecule has 0 radical (unpaired) electrons. The number of aryl methyl sites for hydroxylation is 1. The molecule has 19 heavy (non-hydrogen) atoms. The third-order valence-corrected chi connectivity index (χ3v) is 2.82. The Morgan fingerprint density at radius 2 is 2.11 bits per heavy atom. The van der Waals surface area contributed by atoms with Crippen LogP contribution in [0, 0.1) is 0 Å². The summed E-state index contributed by atoms with van der Waals surface area (Å²) >= 11 is 0. The van der Waals surface area contributed by atoms with Crippen molar-refractivity contribution in [3.8, 4) is 5.88 Å². The number of ether oxygens (including phenoxy) is 1. The van der Waals surface area contributed by atoms with Crippen molar-refractivity contribution in [3.63, 3.8) is 0 Å². The highest BCUT2D eigenvalue weighted by atomic mass is 16.5. The lowest BCUT2D eigenvalue weighted by Crippen LogP contribution is -2.13. The van der Waals surface area contributed by atoms with Crippen molar-refractivity contribution in [2.24, 2.45) is 0 Å². The molecule has 0 aliphatic heterocycles. The zero-order valence-electron chi connectivity index (χ0n) is 11.5. The van der Waals surface area contributed by atoms with E-state index in [-0.39, 0.29) is 11.4 Å². The van der Waals surface area contributed by atoms with Crippen molar-refractivity contribution in [1.29, 1.82) is 0 Å². The molecule has 0 spiro atoms. The number of unbranched alkanes of at least 4 members (excludes halogenated alkanes) is 1. The monoisotopic (exact) mass is 264 g/mol. The summed E-state index contributed by atoms with van der Waals surface area (Å²) in [7, 11) is 0. The molecule has 0 saturated carbocycles. The first-order chi connectivity index (χ1) is 9.15. The summed E-state index contributed by atoms with van der Waals surface area (Å²) in [6, 6.07) is 0. The molecule has 0 aliphatic carbocycles. The van der Waals surface area contributed by atoms with Gasteiger partial charge in [0.2, 0.25) is 5.88 Å². The summed E-state index contributed by atoms with van der Waals surface area (Å²) in [5, 5.41) is 17.3. The summed E-state index contributed by atoms with van der Waals surface area (Å²) < 4.78 is 5.44. The van der Waals surface area contributed by atoms with E-state index in [1.807, 2.05) is 13.8 Å². The average Bonchev–Trinajstić information content (AvgIpc) is 2.42. The van der Waals surface area contributed by atoms with Crippen LogP contribution in [0.4, 0.5) is 0 Å². The van der Waals surface area contributed by atoms with Gasteiger partial charge in [0.1, 0.15) is 5.56 Å². The van der Waals surface area contributed by atoms with Crippen LogP contribution in [0.5, 0.6) is 5.88 Å². The molecule has 0 atom stereocenters. The maximum atomic E-state index is 11.4. The first kappa shape index (κ1) is 15.1. The van der Waals surface area contributed by atoms with Crippen LogP contribution in [-0.4, -0.2) is 27.9 Å². The Morgan fingerprint density at radius 3 is 2.63 bits per heavy atom. The molecule has 1 heterocycles. The third-order valence-electron chi connectivity index (χ3n) is 2.82. The Kier molecular flexibility index (Phi) is 5.99. The van der Waals surface area contributed by atoms with Crippen LogP contribution in [0.2, 0.25) is 0 Å². The molecule has 5 heteroatoms. The number of carbonyl (C=O) groups is 1. The number of hydrogen-bond acceptors (Lipinski definition) is 4. The lowest BCUT2D eigenvalue weighted by atomic mass is 10.0. The minimum atomic E-state index is -1.01. The molecule has 104 valence electrons. The number of rotatable bonds is 8. The lowest BCUT2D eigenvalue weighted by Gasteiger charge is -2.12. The molecular weight excluding hydrogens is 244 g/mol. The van der Waals surface area contributed by atoms with E-state index >= 15 is 0 Å². The van der Waals surface area contributed by atoms with Gasteiger partial charge in [-0.25, -0.2) is 4.79 Å². The highest BCUT2D eigenvalue weighted by molar-refractivity contribution is 5.92. The minimum absolute atomic E-state index is 0.116. The van der Waals surface area contributed by atoms with E-state index in [0.717, 1.165) is 18.5 Å². The predicted octanol–water partition coefficient (Wildman–Crippen LogP) is 2.64. The fourth-order valence-corrected chi connectivity index (χ4v) is 1.87. The molecule has 1 aromatic rings. The number of carboxylic acids is 1. The van der Waals surface area contributed by atoms with Gasteiger partial charge < -0.3 is 9.84 Å². The van der Waals surface area contributed by atoms with E-state index in [2.05, 4.69) is 16.8 Å². The van der Waals surface area contributed by atoms with Crippen LogP contribution in [-0.2, 0) is 12.8 Å². The lowest BCUT2D eigenvalue weighted by molar-refractivity contribution is 0.0689.